The highest BCUT2D eigenvalue weighted by molar-refractivity contribution is 5.84. The van der Waals surface area contributed by atoms with Crippen molar-refractivity contribution in [1.82, 2.24) is 19.9 Å². The Balaban J connectivity index is 1.70. The molecule has 0 aliphatic carbocycles. The molecule has 2 aromatic heterocycles. The quantitative estimate of drug-likeness (QED) is 0.507. The third kappa shape index (κ3) is 6.71. The fourth-order valence-electron chi connectivity index (χ4n) is 4.09. The lowest BCUT2D eigenvalue weighted by molar-refractivity contribution is -0.124. The second-order valence-electron chi connectivity index (χ2n) is 9.89. The van der Waals surface area contributed by atoms with Gasteiger partial charge < -0.3 is 15.4 Å². The number of fused-ring (bicyclic) bond motifs is 1. The zero-order chi connectivity index (χ0) is 26.5. The molecule has 1 aliphatic heterocycles. The maximum Gasteiger partial charge on any atom is 0.413 e. The molecule has 10 heteroatoms. The molecule has 0 saturated carbocycles. The van der Waals surface area contributed by atoms with Crippen molar-refractivity contribution in [2.45, 2.75) is 71.9 Å². The fraction of sp³-hybridized carbons (Fsp3) is 0.500. The van der Waals surface area contributed by atoms with Crippen LogP contribution in [0.5, 0.6) is 0 Å². The second kappa shape index (κ2) is 11.4. The molecule has 3 heterocycles. The van der Waals surface area contributed by atoms with Crippen molar-refractivity contribution in [1.29, 1.82) is 0 Å². The molecule has 36 heavy (non-hydrogen) atoms. The third-order valence-corrected chi connectivity index (χ3v) is 5.80. The largest absolute Gasteiger partial charge is 0.444 e. The average molecular weight is 497 g/mol. The second-order valence-corrected chi connectivity index (χ2v) is 9.89. The van der Waals surface area contributed by atoms with Gasteiger partial charge in [0.05, 0.1) is 6.20 Å². The zero-order valence-electron chi connectivity index (χ0n) is 21.9. The topological polar surface area (TPSA) is 127 Å². The molecular weight excluding hydrogens is 460 g/mol. The lowest BCUT2D eigenvalue weighted by atomic mass is 10.0. The molecule has 0 aromatic carbocycles. The summed E-state index contributed by atoms with van der Waals surface area (Å²) >= 11 is 0. The molecule has 1 unspecified atom stereocenters. The van der Waals surface area contributed by atoms with Crippen molar-refractivity contribution in [3.8, 4) is 0 Å². The molecule has 0 fully saturated rings. The number of hydrogen-bond donors (Lipinski definition) is 3. The van der Waals surface area contributed by atoms with E-state index in [1.54, 1.807) is 40.1 Å². The van der Waals surface area contributed by atoms with Gasteiger partial charge in [-0.3, -0.25) is 19.5 Å². The number of nitrogens with one attached hydrogen (secondary N) is 3. The minimum Gasteiger partial charge on any atom is -0.444 e. The summed E-state index contributed by atoms with van der Waals surface area (Å²) in [6.45, 7) is 9.77. The van der Waals surface area contributed by atoms with E-state index in [1.165, 1.54) is 10.8 Å². The average Bonchev–Trinajstić information content (AvgIpc) is 3.23. The third-order valence-electron chi connectivity index (χ3n) is 5.80. The number of nitrogens with zero attached hydrogens (tertiary/aromatic N) is 3. The summed E-state index contributed by atoms with van der Waals surface area (Å²) in [6, 6.07) is 1.21. The standard InChI is InChI=1S/C26H36N6O4/c1-7-8-17(12-18-14-28-21(11-16(18)2)31-25(35)36-26(3,4)5)13-30-23(33)20-9-10-22-29-15-19(27-6)24(34)32(20)22/h11-12,14-15,20,27H,7-10,13H2,1-6H3,(H,30,33)(H,28,31,35)/b17-12+. The van der Waals surface area contributed by atoms with Gasteiger partial charge >= 0.3 is 6.09 Å². The summed E-state index contributed by atoms with van der Waals surface area (Å²) in [6.07, 6.45) is 7.50. The Kier molecular flexibility index (Phi) is 8.49. The smallest absolute Gasteiger partial charge is 0.413 e. The number of aromatic nitrogens is 3. The molecule has 2 amide bonds. The summed E-state index contributed by atoms with van der Waals surface area (Å²) in [5, 5.41) is 8.49. The van der Waals surface area contributed by atoms with Gasteiger partial charge in [-0.15, -0.1) is 0 Å². The van der Waals surface area contributed by atoms with E-state index in [4.69, 9.17) is 4.74 Å². The van der Waals surface area contributed by atoms with Gasteiger partial charge in [0.1, 0.15) is 29.0 Å². The number of amides is 2. The molecule has 1 atom stereocenters. The van der Waals surface area contributed by atoms with E-state index in [2.05, 4.69) is 32.8 Å². The molecule has 0 saturated heterocycles. The number of carbonyl (C=O) groups excluding carboxylic acids is 2. The summed E-state index contributed by atoms with van der Waals surface area (Å²) in [5.41, 5.74) is 2.41. The van der Waals surface area contributed by atoms with E-state index in [-0.39, 0.29) is 11.5 Å². The van der Waals surface area contributed by atoms with Gasteiger partial charge in [-0.05, 0) is 57.7 Å². The van der Waals surface area contributed by atoms with Gasteiger partial charge in [0.15, 0.2) is 0 Å². The Morgan fingerprint density at radius 3 is 2.64 bits per heavy atom. The van der Waals surface area contributed by atoms with Crippen molar-refractivity contribution in [3.63, 3.8) is 0 Å². The summed E-state index contributed by atoms with van der Waals surface area (Å²) < 4.78 is 6.77. The first-order chi connectivity index (χ1) is 17.0. The molecule has 10 nitrogen and oxygen atoms in total. The van der Waals surface area contributed by atoms with Crippen LogP contribution in [0.15, 0.2) is 28.8 Å². The molecule has 3 N–H and O–H groups in total. The SMILES string of the molecule is CCC/C(=C\c1cnc(NC(=O)OC(C)(C)C)cc1C)CNC(=O)C1CCc2ncc(NC)c(=O)n21. The van der Waals surface area contributed by atoms with Crippen LogP contribution in [0, 0.1) is 6.92 Å². The van der Waals surface area contributed by atoms with Crippen molar-refractivity contribution < 1.29 is 14.3 Å². The van der Waals surface area contributed by atoms with Gasteiger partial charge in [0.25, 0.3) is 5.56 Å². The Morgan fingerprint density at radius 2 is 2.00 bits per heavy atom. The molecule has 194 valence electrons. The lowest BCUT2D eigenvalue weighted by Gasteiger charge is -2.19. The zero-order valence-corrected chi connectivity index (χ0v) is 21.9. The number of aryl methyl sites for hydroxylation is 2. The highest BCUT2D eigenvalue weighted by Gasteiger charge is 2.30. The van der Waals surface area contributed by atoms with E-state index in [0.29, 0.717) is 36.7 Å². The number of pyridine rings is 1. The number of hydrogen-bond acceptors (Lipinski definition) is 7. The molecule has 0 spiro atoms. The van der Waals surface area contributed by atoms with E-state index in [9.17, 15) is 14.4 Å². The number of ether oxygens (including phenoxy) is 1. The van der Waals surface area contributed by atoms with Crippen LogP contribution in [0.2, 0.25) is 0 Å². The van der Waals surface area contributed by atoms with Crippen LogP contribution < -0.4 is 21.5 Å². The molecule has 1 aliphatic rings. The predicted octanol–water partition coefficient (Wildman–Crippen LogP) is 3.82. The van der Waals surface area contributed by atoms with Gasteiger partial charge in [0, 0.05) is 26.2 Å². The van der Waals surface area contributed by atoms with E-state index in [0.717, 1.165) is 29.5 Å². The molecular formula is C26H36N6O4. The minimum absolute atomic E-state index is 0.195. The predicted molar refractivity (Wildman–Crippen MR) is 140 cm³/mol. The van der Waals surface area contributed by atoms with Crippen molar-refractivity contribution in [2.75, 3.05) is 24.2 Å². The summed E-state index contributed by atoms with van der Waals surface area (Å²) in [7, 11) is 1.66. The van der Waals surface area contributed by atoms with Crippen molar-refractivity contribution in [2.24, 2.45) is 0 Å². The first-order valence-electron chi connectivity index (χ1n) is 12.2. The first-order valence-corrected chi connectivity index (χ1v) is 12.2. The minimum atomic E-state index is -0.596. The van der Waals surface area contributed by atoms with E-state index < -0.39 is 17.7 Å². The van der Waals surface area contributed by atoms with Gasteiger partial charge in [-0.2, -0.15) is 0 Å². The molecule has 0 bridgehead atoms. The van der Waals surface area contributed by atoms with Crippen LogP contribution in [-0.2, 0) is 16.0 Å². The van der Waals surface area contributed by atoms with Gasteiger partial charge in [-0.1, -0.05) is 25.0 Å². The Labute approximate surface area is 211 Å². The highest BCUT2D eigenvalue weighted by Crippen LogP contribution is 2.24. The number of rotatable bonds is 8. The highest BCUT2D eigenvalue weighted by atomic mass is 16.6. The maximum atomic E-state index is 13.0. The fourth-order valence-corrected chi connectivity index (χ4v) is 4.09. The number of carbonyl (C=O) groups is 2. The number of anilines is 2. The van der Waals surface area contributed by atoms with Crippen LogP contribution in [0.25, 0.3) is 6.08 Å². The molecule has 2 aromatic rings. The van der Waals surface area contributed by atoms with Crippen molar-refractivity contribution >= 4 is 29.6 Å². The van der Waals surface area contributed by atoms with Crippen LogP contribution in [-0.4, -0.2) is 45.7 Å². The van der Waals surface area contributed by atoms with Crippen molar-refractivity contribution in [3.05, 3.63) is 51.3 Å². The van der Waals surface area contributed by atoms with Gasteiger partial charge in [0.2, 0.25) is 5.91 Å². The molecule has 3 rings (SSSR count). The monoisotopic (exact) mass is 496 g/mol. The normalized spacial score (nSPS) is 15.3. The molecule has 0 radical (unpaired) electrons. The van der Waals surface area contributed by atoms with Crippen LogP contribution in [0.1, 0.15) is 70.0 Å². The summed E-state index contributed by atoms with van der Waals surface area (Å²) in [4.78, 5) is 46.4. The van der Waals surface area contributed by atoms with Crippen LogP contribution >= 0.6 is 0 Å². The van der Waals surface area contributed by atoms with E-state index in [1.807, 2.05) is 13.0 Å². The lowest BCUT2D eigenvalue weighted by Crippen LogP contribution is -2.37. The summed E-state index contributed by atoms with van der Waals surface area (Å²) in [5.74, 6) is 0.842. The maximum absolute atomic E-state index is 13.0. The Bertz CT molecular complexity index is 1210. The van der Waals surface area contributed by atoms with Gasteiger partial charge in [-0.25, -0.2) is 14.8 Å². The van der Waals surface area contributed by atoms with E-state index >= 15 is 0 Å². The Hall–Kier alpha value is -3.69. The first kappa shape index (κ1) is 26.9. The van der Waals surface area contributed by atoms with Crippen LogP contribution in [0.3, 0.4) is 0 Å². The Morgan fingerprint density at radius 1 is 1.25 bits per heavy atom. The van der Waals surface area contributed by atoms with Crippen LogP contribution in [0.4, 0.5) is 16.3 Å².